The highest BCUT2D eigenvalue weighted by atomic mass is 79.9. The van der Waals surface area contributed by atoms with Gasteiger partial charge in [0.2, 0.25) is 0 Å². The van der Waals surface area contributed by atoms with Crippen LogP contribution in [-0.2, 0) is 0 Å². The first-order chi connectivity index (χ1) is 11.1. The lowest BCUT2D eigenvalue weighted by Crippen LogP contribution is -2.09. The highest BCUT2D eigenvalue weighted by molar-refractivity contribution is 9.10. The number of anilines is 1. The van der Waals surface area contributed by atoms with Crippen molar-refractivity contribution in [2.24, 2.45) is 5.10 Å². The number of hydrogen-bond acceptors (Lipinski definition) is 5. The Morgan fingerprint density at radius 3 is 2.83 bits per heavy atom. The van der Waals surface area contributed by atoms with Crippen LogP contribution >= 0.6 is 27.5 Å². The zero-order valence-corrected chi connectivity index (χ0v) is 13.9. The summed E-state index contributed by atoms with van der Waals surface area (Å²) in [6.07, 6.45) is 2.86. The summed E-state index contributed by atoms with van der Waals surface area (Å²) in [5.41, 5.74) is 3.44. The molecule has 8 heteroatoms. The van der Waals surface area contributed by atoms with Gasteiger partial charge >= 0.3 is 0 Å². The largest absolute Gasteiger partial charge is 0.455 e. The van der Waals surface area contributed by atoms with Crippen molar-refractivity contribution in [3.63, 3.8) is 0 Å². The summed E-state index contributed by atoms with van der Waals surface area (Å²) in [6, 6.07) is 11.4. The van der Waals surface area contributed by atoms with E-state index in [4.69, 9.17) is 16.0 Å². The highest BCUT2D eigenvalue weighted by Crippen LogP contribution is 2.23. The number of rotatable bonds is 4. The molecule has 0 atom stereocenters. The van der Waals surface area contributed by atoms with E-state index in [1.165, 1.54) is 12.4 Å². The van der Waals surface area contributed by atoms with E-state index >= 15 is 0 Å². The SMILES string of the molecule is O=c1[nH]ncc(N/N=C\c2ccc(-c3ccc(Br)cc3)o2)c1Cl. The van der Waals surface area contributed by atoms with Gasteiger partial charge in [-0.05, 0) is 24.3 Å². The lowest BCUT2D eigenvalue weighted by molar-refractivity contribution is 0.575. The van der Waals surface area contributed by atoms with Crippen LogP contribution in [0.5, 0.6) is 0 Å². The number of hydrogen-bond donors (Lipinski definition) is 2. The minimum atomic E-state index is -0.484. The van der Waals surface area contributed by atoms with Crippen molar-refractivity contribution < 1.29 is 4.42 Å². The van der Waals surface area contributed by atoms with Gasteiger partial charge in [0, 0.05) is 10.0 Å². The topological polar surface area (TPSA) is 83.3 Å². The Morgan fingerprint density at radius 1 is 1.26 bits per heavy atom. The summed E-state index contributed by atoms with van der Waals surface area (Å²) in [7, 11) is 0. The van der Waals surface area contributed by atoms with Crippen molar-refractivity contribution in [3.05, 3.63) is 68.2 Å². The molecule has 0 saturated carbocycles. The van der Waals surface area contributed by atoms with Crippen LogP contribution in [0.2, 0.25) is 5.02 Å². The van der Waals surface area contributed by atoms with Crippen LogP contribution in [0.1, 0.15) is 5.76 Å². The Morgan fingerprint density at radius 2 is 2.04 bits per heavy atom. The van der Waals surface area contributed by atoms with Gasteiger partial charge in [0.05, 0.1) is 12.4 Å². The summed E-state index contributed by atoms with van der Waals surface area (Å²) < 4.78 is 6.68. The fourth-order valence-electron chi connectivity index (χ4n) is 1.82. The van der Waals surface area contributed by atoms with Crippen LogP contribution in [0.25, 0.3) is 11.3 Å². The van der Waals surface area contributed by atoms with Crippen molar-refractivity contribution in [1.29, 1.82) is 0 Å². The summed E-state index contributed by atoms with van der Waals surface area (Å²) in [5, 5.41) is 9.83. The molecule has 0 amide bonds. The molecule has 0 saturated heterocycles. The zero-order chi connectivity index (χ0) is 16.2. The molecule has 6 nitrogen and oxygen atoms in total. The Bertz CT molecular complexity index is 902. The molecule has 3 aromatic rings. The first-order valence-corrected chi connectivity index (χ1v) is 7.68. The maximum absolute atomic E-state index is 11.3. The van der Waals surface area contributed by atoms with Crippen LogP contribution in [0.4, 0.5) is 5.69 Å². The second-order valence-corrected chi connectivity index (χ2v) is 5.80. The predicted molar refractivity (Wildman–Crippen MR) is 92.9 cm³/mol. The molecule has 2 aromatic heterocycles. The van der Waals surface area contributed by atoms with Crippen molar-refractivity contribution in [3.8, 4) is 11.3 Å². The Hall–Kier alpha value is -2.38. The number of nitrogens with zero attached hydrogens (tertiary/aromatic N) is 2. The van der Waals surface area contributed by atoms with E-state index in [-0.39, 0.29) is 5.02 Å². The van der Waals surface area contributed by atoms with E-state index in [0.29, 0.717) is 11.4 Å². The molecule has 0 spiro atoms. The average molecular weight is 394 g/mol. The summed E-state index contributed by atoms with van der Waals surface area (Å²) in [4.78, 5) is 11.3. The summed E-state index contributed by atoms with van der Waals surface area (Å²) in [5.74, 6) is 1.29. The van der Waals surface area contributed by atoms with E-state index in [0.717, 1.165) is 15.8 Å². The van der Waals surface area contributed by atoms with Crippen molar-refractivity contribution >= 4 is 39.4 Å². The van der Waals surface area contributed by atoms with Gasteiger partial charge in [-0.1, -0.05) is 39.7 Å². The molecule has 116 valence electrons. The smallest absolute Gasteiger partial charge is 0.285 e. The quantitative estimate of drug-likeness (QED) is 0.520. The second kappa shape index (κ2) is 6.80. The van der Waals surface area contributed by atoms with Crippen LogP contribution in [-0.4, -0.2) is 16.4 Å². The van der Waals surface area contributed by atoms with E-state index < -0.39 is 5.56 Å². The molecule has 3 rings (SSSR count). The van der Waals surface area contributed by atoms with Gasteiger partial charge in [-0.25, -0.2) is 5.10 Å². The van der Waals surface area contributed by atoms with Gasteiger partial charge in [-0.2, -0.15) is 10.2 Å². The number of aromatic amines is 1. The standard InChI is InChI=1S/C15H10BrClN4O2/c16-10-3-1-9(2-4-10)13-6-5-11(23-13)7-18-20-12-8-19-21-15(22)14(12)17/h1-8H,(H2,20,21,22)/b18-7-. The monoisotopic (exact) mass is 392 g/mol. The molecule has 0 aliphatic carbocycles. The molecule has 0 aliphatic heterocycles. The van der Waals surface area contributed by atoms with Crippen molar-refractivity contribution in [2.75, 3.05) is 5.43 Å². The van der Waals surface area contributed by atoms with Gasteiger partial charge < -0.3 is 4.42 Å². The van der Waals surface area contributed by atoms with Crippen molar-refractivity contribution in [1.82, 2.24) is 10.2 Å². The molecule has 0 fully saturated rings. The molecule has 2 heterocycles. The van der Waals surface area contributed by atoms with E-state index in [1.54, 1.807) is 6.07 Å². The minimum Gasteiger partial charge on any atom is -0.455 e. The fourth-order valence-corrected chi connectivity index (χ4v) is 2.22. The molecule has 0 unspecified atom stereocenters. The fraction of sp³-hybridized carbons (Fsp3) is 0. The maximum atomic E-state index is 11.3. The molecule has 0 aliphatic rings. The number of hydrazone groups is 1. The number of furan rings is 1. The van der Waals surface area contributed by atoms with Gasteiger partial charge in [0.15, 0.2) is 0 Å². The van der Waals surface area contributed by atoms with E-state index in [2.05, 4.69) is 36.7 Å². The third-order valence-corrected chi connectivity index (χ3v) is 3.83. The summed E-state index contributed by atoms with van der Waals surface area (Å²) >= 11 is 9.21. The number of nitrogens with one attached hydrogen (secondary N) is 2. The predicted octanol–water partition coefficient (Wildman–Crippen LogP) is 3.89. The number of benzene rings is 1. The Labute approximate surface area is 144 Å². The molecule has 23 heavy (non-hydrogen) atoms. The molecule has 0 radical (unpaired) electrons. The van der Waals surface area contributed by atoms with Crippen LogP contribution < -0.4 is 11.0 Å². The maximum Gasteiger partial charge on any atom is 0.285 e. The average Bonchev–Trinajstić information content (AvgIpc) is 3.01. The molecule has 2 N–H and O–H groups in total. The van der Waals surface area contributed by atoms with Crippen LogP contribution in [0.3, 0.4) is 0 Å². The Balaban J connectivity index is 1.72. The van der Waals surface area contributed by atoms with E-state index in [1.807, 2.05) is 30.3 Å². The third-order valence-electron chi connectivity index (χ3n) is 2.93. The van der Waals surface area contributed by atoms with Gasteiger partial charge in [0.1, 0.15) is 22.2 Å². The van der Waals surface area contributed by atoms with Gasteiger partial charge in [0.25, 0.3) is 5.56 Å². The zero-order valence-electron chi connectivity index (χ0n) is 11.6. The number of halogens is 2. The van der Waals surface area contributed by atoms with Crippen LogP contribution in [0, 0.1) is 0 Å². The Kier molecular flexibility index (Phi) is 4.59. The molecule has 0 bridgehead atoms. The van der Waals surface area contributed by atoms with Crippen LogP contribution in [0.15, 0.2) is 61.4 Å². The lowest BCUT2D eigenvalue weighted by Gasteiger charge is -1.99. The van der Waals surface area contributed by atoms with Gasteiger partial charge in [-0.15, -0.1) is 0 Å². The first-order valence-electron chi connectivity index (χ1n) is 6.51. The van der Waals surface area contributed by atoms with Crippen molar-refractivity contribution in [2.45, 2.75) is 0 Å². The number of H-pyrrole nitrogens is 1. The second-order valence-electron chi connectivity index (χ2n) is 4.51. The highest BCUT2D eigenvalue weighted by Gasteiger charge is 2.05. The molecular formula is C15H10BrClN4O2. The minimum absolute atomic E-state index is 0.00727. The third kappa shape index (κ3) is 3.69. The molecule has 1 aromatic carbocycles. The molecular weight excluding hydrogens is 384 g/mol. The first kappa shape index (κ1) is 15.5. The normalized spacial score (nSPS) is 11.0. The van der Waals surface area contributed by atoms with Gasteiger partial charge in [-0.3, -0.25) is 10.2 Å². The number of aromatic nitrogens is 2. The summed E-state index contributed by atoms with van der Waals surface area (Å²) in [6.45, 7) is 0. The lowest BCUT2D eigenvalue weighted by atomic mass is 10.2. The van der Waals surface area contributed by atoms with E-state index in [9.17, 15) is 4.79 Å².